The van der Waals surface area contributed by atoms with Gasteiger partial charge < -0.3 is 20.9 Å². The molecule has 0 spiro atoms. The minimum absolute atomic E-state index is 0.0455. The molecule has 1 aliphatic carbocycles. The van der Waals surface area contributed by atoms with Crippen molar-refractivity contribution in [2.75, 3.05) is 39.3 Å². The first kappa shape index (κ1) is 14.8. The first-order chi connectivity index (χ1) is 9.68. The summed E-state index contributed by atoms with van der Waals surface area (Å²) < 4.78 is 0. The highest BCUT2D eigenvalue weighted by atomic mass is 16.2. The van der Waals surface area contributed by atoms with Gasteiger partial charge in [0, 0.05) is 38.6 Å². The van der Waals surface area contributed by atoms with Crippen LogP contribution in [0.2, 0.25) is 0 Å². The summed E-state index contributed by atoms with van der Waals surface area (Å²) in [5.41, 5.74) is 0. The van der Waals surface area contributed by atoms with Crippen LogP contribution in [0.3, 0.4) is 0 Å². The lowest BCUT2D eigenvalue weighted by molar-refractivity contribution is -0.145. The third kappa shape index (κ3) is 4.48. The van der Waals surface area contributed by atoms with Gasteiger partial charge in [-0.2, -0.15) is 0 Å². The van der Waals surface area contributed by atoms with Gasteiger partial charge in [0.15, 0.2) is 0 Å². The molecule has 2 aliphatic rings. The van der Waals surface area contributed by atoms with Crippen molar-refractivity contribution in [2.45, 2.75) is 19.3 Å². The fourth-order valence-corrected chi connectivity index (χ4v) is 2.12. The van der Waals surface area contributed by atoms with E-state index < -0.39 is 11.8 Å². The number of carbonyl (C=O) groups excluding carboxylic acids is 3. The summed E-state index contributed by atoms with van der Waals surface area (Å²) in [5.74, 6) is -0.865. The molecular weight excluding hydrogens is 260 g/mol. The molecule has 7 nitrogen and oxygen atoms in total. The fourth-order valence-electron chi connectivity index (χ4n) is 2.12. The molecule has 112 valence electrons. The van der Waals surface area contributed by atoms with Crippen LogP contribution in [-0.4, -0.2) is 61.9 Å². The smallest absolute Gasteiger partial charge is 0.311 e. The molecule has 1 saturated carbocycles. The van der Waals surface area contributed by atoms with E-state index in [1.807, 2.05) is 0 Å². The van der Waals surface area contributed by atoms with E-state index in [0.717, 1.165) is 32.4 Å². The van der Waals surface area contributed by atoms with Gasteiger partial charge in [0.25, 0.3) is 0 Å². The van der Waals surface area contributed by atoms with E-state index >= 15 is 0 Å². The molecule has 0 aromatic heterocycles. The summed E-state index contributed by atoms with van der Waals surface area (Å²) in [6, 6.07) is 0. The van der Waals surface area contributed by atoms with Gasteiger partial charge in [-0.05, 0) is 25.8 Å². The Kier molecular flexibility index (Phi) is 5.34. The van der Waals surface area contributed by atoms with Gasteiger partial charge in [-0.15, -0.1) is 0 Å². The Balaban J connectivity index is 1.62. The molecule has 2 fully saturated rings. The second-order valence-corrected chi connectivity index (χ2v) is 5.22. The molecular formula is C13H22N4O3. The molecule has 0 bridgehead atoms. The van der Waals surface area contributed by atoms with Crippen LogP contribution < -0.4 is 16.0 Å². The molecule has 20 heavy (non-hydrogen) atoms. The van der Waals surface area contributed by atoms with E-state index in [2.05, 4.69) is 16.0 Å². The van der Waals surface area contributed by atoms with E-state index in [1.54, 1.807) is 4.90 Å². The molecule has 0 unspecified atom stereocenters. The topological polar surface area (TPSA) is 90.5 Å². The summed E-state index contributed by atoms with van der Waals surface area (Å²) in [5, 5.41) is 8.47. The van der Waals surface area contributed by atoms with Crippen LogP contribution in [0.5, 0.6) is 0 Å². The number of nitrogens with one attached hydrogen (secondary N) is 3. The number of hydrogen-bond donors (Lipinski definition) is 3. The first-order valence-electron chi connectivity index (χ1n) is 7.24. The lowest BCUT2D eigenvalue weighted by Crippen LogP contribution is -2.46. The van der Waals surface area contributed by atoms with Gasteiger partial charge >= 0.3 is 11.8 Å². The van der Waals surface area contributed by atoms with Crippen molar-refractivity contribution in [1.82, 2.24) is 20.9 Å². The highest BCUT2D eigenvalue weighted by Gasteiger charge is 2.29. The third-order valence-electron chi connectivity index (χ3n) is 3.48. The Labute approximate surface area is 118 Å². The Bertz CT molecular complexity index is 374. The highest BCUT2D eigenvalue weighted by Crippen LogP contribution is 2.28. The summed E-state index contributed by atoms with van der Waals surface area (Å²) in [6.07, 6.45) is 2.77. The molecule has 0 aromatic carbocycles. The molecule has 1 aliphatic heterocycles. The van der Waals surface area contributed by atoms with Crippen LogP contribution in [0.1, 0.15) is 19.3 Å². The zero-order valence-corrected chi connectivity index (χ0v) is 11.6. The predicted octanol–water partition coefficient (Wildman–Crippen LogP) is -1.55. The van der Waals surface area contributed by atoms with Crippen LogP contribution in [0.25, 0.3) is 0 Å². The quantitative estimate of drug-likeness (QED) is 0.430. The van der Waals surface area contributed by atoms with E-state index in [4.69, 9.17) is 0 Å². The molecule has 1 heterocycles. The number of carbonyl (C=O) groups is 3. The SMILES string of the molecule is O=C(NCCNC(=O)C1CC1)C(=O)N1CCCNCC1. The van der Waals surface area contributed by atoms with Crippen molar-refractivity contribution in [3.05, 3.63) is 0 Å². The largest absolute Gasteiger partial charge is 0.354 e. The Morgan fingerprint density at radius 1 is 1.05 bits per heavy atom. The molecule has 0 radical (unpaired) electrons. The van der Waals surface area contributed by atoms with Gasteiger partial charge in [0.1, 0.15) is 0 Å². The van der Waals surface area contributed by atoms with Gasteiger partial charge in [0.05, 0.1) is 0 Å². The van der Waals surface area contributed by atoms with Gasteiger partial charge in [-0.25, -0.2) is 0 Å². The molecule has 2 rings (SSSR count). The van der Waals surface area contributed by atoms with Crippen LogP contribution >= 0.6 is 0 Å². The second kappa shape index (κ2) is 7.23. The Morgan fingerprint density at radius 3 is 2.55 bits per heavy atom. The molecule has 3 amide bonds. The van der Waals surface area contributed by atoms with Gasteiger partial charge in [-0.1, -0.05) is 0 Å². The van der Waals surface area contributed by atoms with Crippen molar-refractivity contribution < 1.29 is 14.4 Å². The van der Waals surface area contributed by atoms with Crippen molar-refractivity contribution >= 4 is 17.7 Å². The van der Waals surface area contributed by atoms with Crippen molar-refractivity contribution in [2.24, 2.45) is 5.92 Å². The Morgan fingerprint density at radius 2 is 1.80 bits per heavy atom. The van der Waals surface area contributed by atoms with Gasteiger partial charge in [-0.3, -0.25) is 14.4 Å². The second-order valence-electron chi connectivity index (χ2n) is 5.22. The molecule has 7 heteroatoms. The predicted molar refractivity (Wildman–Crippen MR) is 72.8 cm³/mol. The summed E-state index contributed by atoms with van der Waals surface area (Å²) >= 11 is 0. The third-order valence-corrected chi connectivity index (χ3v) is 3.48. The minimum atomic E-state index is -0.590. The maximum Gasteiger partial charge on any atom is 0.311 e. The zero-order chi connectivity index (χ0) is 14.4. The highest BCUT2D eigenvalue weighted by molar-refractivity contribution is 6.35. The maximum atomic E-state index is 11.9. The van der Waals surface area contributed by atoms with E-state index in [-0.39, 0.29) is 18.4 Å². The molecule has 0 atom stereocenters. The summed E-state index contributed by atoms with van der Waals surface area (Å²) in [6.45, 7) is 3.42. The van der Waals surface area contributed by atoms with Crippen molar-refractivity contribution in [1.29, 1.82) is 0 Å². The van der Waals surface area contributed by atoms with E-state index in [0.29, 0.717) is 19.6 Å². The first-order valence-corrected chi connectivity index (χ1v) is 7.24. The number of rotatable bonds is 4. The number of hydrogen-bond acceptors (Lipinski definition) is 4. The zero-order valence-electron chi connectivity index (χ0n) is 11.6. The maximum absolute atomic E-state index is 11.9. The Hall–Kier alpha value is -1.63. The van der Waals surface area contributed by atoms with Gasteiger partial charge in [0.2, 0.25) is 5.91 Å². The lowest BCUT2D eigenvalue weighted by atomic mass is 10.3. The summed E-state index contributed by atoms with van der Waals surface area (Å²) in [7, 11) is 0. The fraction of sp³-hybridized carbons (Fsp3) is 0.769. The standard InChI is InChI=1S/C13H22N4O3/c18-11(10-2-3-10)15-5-6-16-12(19)13(20)17-8-1-4-14-7-9-17/h10,14H,1-9H2,(H,15,18)(H,16,19). The van der Waals surface area contributed by atoms with E-state index in [1.165, 1.54) is 0 Å². The molecule has 0 aromatic rings. The lowest BCUT2D eigenvalue weighted by Gasteiger charge is -2.19. The monoisotopic (exact) mass is 282 g/mol. The van der Waals surface area contributed by atoms with Crippen LogP contribution in [0, 0.1) is 5.92 Å². The average Bonchev–Trinajstić information content (AvgIpc) is 3.28. The van der Waals surface area contributed by atoms with Crippen molar-refractivity contribution in [3.63, 3.8) is 0 Å². The minimum Gasteiger partial charge on any atom is -0.354 e. The van der Waals surface area contributed by atoms with Crippen molar-refractivity contribution in [3.8, 4) is 0 Å². The summed E-state index contributed by atoms with van der Waals surface area (Å²) in [4.78, 5) is 36.5. The van der Waals surface area contributed by atoms with Crippen LogP contribution in [0.15, 0.2) is 0 Å². The normalized spacial score (nSPS) is 19.1. The number of nitrogens with zero attached hydrogens (tertiary/aromatic N) is 1. The average molecular weight is 282 g/mol. The van der Waals surface area contributed by atoms with Crippen LogP contribution in [0.4, 0.5) is 0 Å². The molecule has 3 N–H and O–H groups in total. The van der Waals surface area contributed by atoms with E-state index in [9.17, 15) is 14.4 Å². The molecule has 1 saturated heterocycles. The number of amides is 3. The van der Waals surface area contributed by atoms with Crippen LogP contribution in [-0.2, 0) is 14.4 Å².